The molecule has 116 valence electrons. The molecule has 2 N–H and O–H groups in total. The minimum atomic E-state index is -3.96. The van der Waals surface area contributed by atoms with Crippen LogP contribution in [0.15, 0.2) is 59.5 Å². The monoisotopic (exact) mass is 320 g/mol. The third kappa shape index (κ3) is 4.23. The van der Waals surface area contributed by atoms with Gasteiger partial charge in [-0.2, -0.15) is 8.42 Å². The van der Waals surface area contributed by atoms with Gasteiger partial charge in [0.15, 0.2) is 0 Å². The minimum absolute atomic E-state index is 0.0364. The highest BCUT2D eigenvalue weighted by Gasteiger charge is 2.17. The van der Waals surface area contributed by atoms with Crippen molar-refractivity contribution in [3.63, 3.8) is 0 Å². The van der Waals surface area contributed by atoms with E-state index in [-0.39, 0.29) is 10.6 Å². The van der Waals surface area contributed by atoms with E-state index in [2.05, 4.69) is 10.6 Å². The molecule has 0 spiro atoms. The first-order valence-electron chi connectivity index (χ1n) is 6.66. The van der Waals surface area contributed by atoms with Crippen LogP contribution in [-0.4, -0.2) is 21.0 Å². The SMILES string of the molecule is CCNC(=O)Nc1cccc(S(=O)(=O)Oc2ccccc2)c1. The van der Waals surface area contributed by atoms with E-state index in [4.69, 9.17) is 4.18 Å². The Morgan fingerprint density at radius 3 is 2.50 bits per heavy atom. The van der Waals surface area contributed by atoms with Gasteiger partial charge in [0.25, 0.3) is 0 Å². The Hall–Kier alpha value is -2.54. The summed E-state index contributed by atoms with van der Waals surface area (Å²) in [4.78, 5) is 11.4. The van der Waals surface area contributed by atoms with Gasteiger partial charge >= 0.3 is 16.1 Å². The van der Waals surface area contributed by atoms with Crippen molar-refractivity contribution in [2.24, 2.45) is 0 Å². The first kappa shape index (κ1) is 15.8. The molecule has 2 aromatic carbocycles. The van der Waals surface area contributed by atoms with Crippen LogP contribution in [0.4, 0.5) is 10.5 Å². The predicted octanol–water partition coefficient (Wildman–Crippen LogP) is 2.60. The first-order valence-corrected chi connectivity index (χ1v) is 8.06. The fraction of sp³-hybridized carbons (Fsp3) is 0.133. The molecule has 2 aromatic rings. The Morgan fingerprint density at radius 2 is 1.82 bits per heavy atom. The fourth-order valence-corrected chi connectivity index (χ4v) is 2.69. The molecule has 0 aromatic heterocycles. The van der Waals surface area contributed by atoms with Crippen LogP contribution in [-0.2, 0) is 10.1 Å². The van der Waals surface area contributed by atoms with Crippen LogP contribution in [0.1, 0.15) is 6.92 Å². The van der Waals surface area contributed by atoms with Crippen LogP contribution in [0.5, 0.6) is 5.75 Å². The van der Waals surface area contributed by atoms with Crippen molar-refractivity contribution < 1.29 is 17.4 Å². The number of hydrogen-bond donors (Lipinski definition) is 2. The van der Waals surface area contributed by atoms with Crippen molar-refractivity contribution in [2.75, 3.05) is 11.9 Å². The van der Waals surface area contributed by atoms with Gasteiger partial charge in [-0.3, -0.25) is 0 Å². The van der Waals surface area contributed by atoms with E-state index in [9.17, 15) is 13.2 Å². The van der Waals surface area contributed by atoms with E-state index >= 15 is 0 Å². The highest BCUT2D eigenvalue weighted by atomic mass is 32.2. The number of amides is 2. The molecule has 0 radical (unpaired) electrons. The maximum Gasteiger partial charge on any atom is 0.339 e. The molecule has 6 nitrogen and oxygen atoms in total. The second-order valence-corrected chi connectivity index (χ2v) is 5.91. The van der Waals surface area contributed by atoms with Gasteiger partial charge in [0.1, 0.15) is 10.6 Å². The van der Waals surface area contributed by atoms with Crippen LogP contribution in [0.2, 0.25) is 0 Å². The quantitative estimate of drug-likeness (QED) is 0.829. The molecule has 0 unspecified atom stereocenters. The first-order chi connectivity index (χ1) is 10.5. The summed E-state index contributed by atoms with van der Waals surface area (Å²) in [6.45, 7) is 2.26. The van der Waals surface area contributed by atoms with Crippen molar-refractivity contribution in [1.29, 1.82) is 0 Å². The van der Waals surface area contributed by atoms with Crippen molar-refractivity contribution >= 4 is 21.8 Å². The summed E-state index contributed by atoms with van der Waals surface area (Å²) in [7, 11) is -3.96. The van der Waals surface area contributed by atoms with Gasteiger partial charge < -0.3 is 14.8 Å². The number of anilines is 1. The standard InChI is InChI=1S/C15H16N2O4S/c1-2-16-15(18)17-12-7-6-10-14(11-12)22(19,20)21-13-8-4-3-5-9-13/h3-11H,2H2,1H3,(H2,16,17,18). The molecule has 0 atom stereocenters. The smallest absolute Gasteiger partial charge is 0.339 e. The molecule has 2 amide bonds. The highest BCUT2D eigenvalue weighted by Crippen LogP contribution is 2.20. The number of benzene rings is 2. The summed E-state index contributed by atoms with van der Waals surface area (Å²) in [5.41, 5.74) is 0.365. The van der Waals surface area contributed by atoms with Gasteiger partial charge in [-0.05, 0) is 37.3 Å². The Labute approximate surface area is 129 Å². The third-order valence-corrected chi connectivity index (χ3v) is 3.91. The molecule has 7 heteroatoms. The van der Waals surface area contributed by atoms with Crippen molar-refractivity contribution in [3.05, 3.63) is 54.6 Å². The number of nitrogens with one attached hydrogen (secondary N) is 2. The van der Waals surface area contributed by atoms with Gasteiger partial charge in [0, 0.05) is 12.2 Å². The number of carbonyl (C=O) groups excluding carboxylic acids is 1. The van der Waals surface area contributed by atoms with E-state index in [1.165, 1.54) is 18.2 Å². The summed E-state index contributed by atoms with van der Waals surface area (Å²) in [6, 6.07) is 13.7. The molecule has 0 bridgehead atoms. The van der Waals surface area contributed by atoms with Gasteiger partial charge in [0.05, 0.1) is 0 Å². The predicted molar refractivity (Wildman–Crippen MR) is 83.4 cm³/mol. The lowest BCUT2D eigenvalue weighted by molar-refractivity contribution is 0.252. The second-order valence-electron chi connectivity index (χ2n) is 4.36. The maximum atomic E-state index is 12.2. The van der Waals surface area contributed by atoms with Crippen LogP contribution in [0.25, 0.3) is 0 Å². The summed E-state index contributed by atoms with van der Waals surface area (Å²) >= 11 is 0. The van der Waals surface area contributed by atoms with E-state index < -0.39 is 16.1 Å². The van der Waals surface area contributed by atoms with E-state index in [1.807, 2.05) is 0 Å². The topological polar surface area (TPSA) is 84.5 Å². The molecule has 0 aliphatic heterocycles. The van der Waals surface area contributed by atoms with Crippen molar-refractivity contribution in [3.8, 4) is 5.75 Å². The Balaban J connectivity index is 2.19. The molecular weight excluding hydrogens is 304 g/mol. The minimum Gasteiger partial charge on any atom is -0.379 e. The van der Waals surface area contributed by atoms with E-state index in [1.54, 1.807) is 43.3 Å². The Morgan fingerprint density at radius 1 is 1.09 bits per heavy atom. The summed E-state index contributed by atoms with van der Waals surface area (Å²) in [5.74, 6) is 0.226. The van der Waals surface area contributed by atoms with Crippen LogP contribution >= 0.6 is 0 Å². The average Bonchev–Trinajstić information content (AvgIpc) is 2.48. The normalized spacial score (nSPS) is 10.8. The Bertz CT molecular complexity index is 745. The third-order valence-electron chi connectivity index (χ3n) is 2.67. The van der Waals surface area contributed by atoms with Crippen molar-refractivity contribution in [1.82, 2.24) is 5.32 Å². The molecule has 22 heavy (non-hydrogen) atoms. The highest BCUT2D eigenvalue weighted by molar-refractivity contribution is 7.87. The number of rotatable bonds is 5. The molecule has 2 rings (SSSR count). The summed E-state index contributed by atoms with van der Waals surface area (Å²) in [6.07, 6.45) is 0. The second kappa shape index (κ2) is 6.95. The number of carbonyl (C=O) groups is 1. The lowest BCUT2D eigenvalue weighted by Gasteiger charge is -2.09. The van der Waals surface area contributed by atoms with E-state index in [0.29, 0.717) is 12.2 Å². The lowest BCUT2D eigenvalue weighted by Crippen LogP contribution is -2.28. The summed E-state index contributed by atoms with van der Waals surface area (Å²) in [5, 5.41) is 5.11. The molecule has 0 aliphatic rings. The van der Waals surface area contributed by atoms with E-state index in [0.717, 1.165) is 0 Å². The van der Waals surface area contributed by atoms with Crippen LogP contribution in [0.3, 0.4) is 0 Å². The number of urea groups is 1. The molecule has 0 saturated carbocycles. The zero-order chi connectivity index (χ0) is 16.0. The van der Waals surface area contributed by atoms with Crippen molar-refractivity contribution in [2.45, 2.75) is 11.8 Å². The van der Waals surface area contributed by atoms with Gasteiger partial charge in [0.2, 0.25) is 0 Å². The van der Waals surface area contributed by atoms with Gasteiger partial charge in [-0.15, -0.1) is 0 Å². The molecule has 0 heterocycles. The average molecular weight is 320 g/mol. The molecule has 0 fully saturated rings. The molecular formula is C15H16N2O4S. The Kier molecular flexibility index (Phi) is 5.00. The molecule has 0 saturated heterocycles. The largest absolute Gasteiger partial charge is 0.379 e. The maximum absolute atomic E-state index is 12.2. The zero-order valence-electron chi connectivity index (χ0n) is 11.9. The van der Waals surface area contributed by atoms with Gasteiger partial charge in [-0.1, -0.05) is 24.3 Å². The number of para-hydroxylation sites is 1. The lowest BCUT2D eigenvalue weighted by atomic mass is 10.3. The summed E-state index contributed by atoms with van der Waals surface area (Å²) < 4.78 is 29.5. The fourth-order valence-electron chi connectivity index (χ4n) is 1.72. The molecule has 0 aliphatic carbocycles. The van der Waals surface area contributed by atoms with Crippen LogP contribution in [0, 0.1) is 0 Å². The van der Waals surface area contributed by atoms with Gasteiger partial charge in [-0.25, -0.2) is 4.79 Å². The zero-order valence-corrected chi connectivity index (χ0v) is 12.8. The number of hydrogen-bond acceptors (Lipinski definition) is 4. The van der Waals surface area contributed by atoms with Crippen LogP contribution < -0.4 is 14.8 Å².